The predicted molar refractivity (Wildman–Crippen MR) is 43.5 cm³/mol. The lowest BCUT2D eigenvalue weighted by molar-refractivity contribution is -0.136. The highest BCUT2D eigenvalue weighted by molar-refractivity contribution is 5.99. The maximum absolute atomic E-state index is 13.1. The summed E-state index contributed by atoms with van der Waals surface area (Å²) in [7, 11) is 0. The Labute approximate surface area is 72.2 Å². The Morgan fingerprint density at radius 1 is 1.31 bits per heavy atom. The maximum Gasteiger partial charge on any atom is 0.352 e. The molecule has 5 heteroatoms. The van der Waals surface area contributed by atoms with Gasteiger partial charge >= 0.3 is 5.92 Å². The second kappa shape index (κ2) is 2.37. The first kappa shape index (κ1) is 7.89. The highest BCUT2D eigenvalue weighted by Gasteiger charge is 2.51. The SMILES string of the molecule is O=C1NC2=CC=[N+]=CC=C2C1(F)F. The molecule has 2 aliphatic rings. The van der Waals surface area contributed by atoms with E-state index in [0.717, 1.165) is 6.08 Å². The van der Waals surface area contributed by atoms with Crippen LogP contribution >= 0.6 is 0 Å². The van der Waals surface area contributed by atoms with Gasteiger partial charge in [-0.25, -0.2) is 0 Å². The smallest absolute Gasteiger partial charge is 0.320 e. The predicted octanol–water partition coefficient (Wildman–Crippen LogP) is -0.216. The zero-order valence-electron chi connectivity index (χ0n) is 6.42. The summed E-state index contributed by atoms with van der Waals surface area (Å²) in [6.45, 7) is 0. The van der Waals surface area contributed by atoms with Crippen molar-refractivity contribution in [2.75, 3.05) is 0 Å². The molecule has 0 radical (unpaired) electrons. The minimum absolute atomic E-state index is 0.118. The number of fused-ring (bicyclic) bond motifs is 1. The monoisotopic (exact) mass is 183 g/mol. The summed E-state index contributed by atoms with van der Waals surface area (Å²) < 4.78 is 29.8. The van der Waals surface area contributed by atoms with Crippen LogP contribution in [0, 0.1) is 0 Å². The number of halogens is 2. The summed E-state index contributed by atoms with van der Waals surface area (Å²) in [5, 5.41) is 2.08. The number of nitrogens with zero attached hydrogens (tertiary/aromatic N) is 1. The van der Waals surface area contributed by atoms with Crippen molar-refractivity contribution >= 4 is 18.3 Å². The van der Waals surface area contributed by atoms with Gasteiger partial charge in [0.05, 0.1) is 11.3 Å². The molecular weight excluding hydrogens is 178 g/mol. The molecular formula is C8H5F2N2O+. The van der Waals surface area contributed by atoms with E-state index in [0.29, 0.717) is 0 Å². The highest BCUT2D eigenvalue weighted by atomic mass is 19.3. The molecule has 0 aromatic heterocycles. The third-order valence-electron chi connectivity index (χ3n) is 1.82. The second-order valence-corrected chi connectivity index (χ2v) is 2.64. The fourth-order valence-corrected chi connectivity index (χ4v) is 1.17. The van der Waals surface area contributed by atoms with Crippen LogP contribution in [0.3, 0.4) is 0 Å². The first-order valence-corrected chi connectivity index (χ1v) is 3.59. The Kier molecular flexibility index (Phi) is 1.44. The van der Waals surface area contributed by atoms with E-state index >= 15 is 0 Å². The molecule has 0 aromatic rings. The van der Waals surface area contributed by atoms with Gasteiger partial charge in [0.1, 0.15) is 0 Å². The van der Waals surface area contributed by atoms with Gasteiger partial charge < -0.3 is 5.32 Å². The molecule has 66 valence electrons. The third-order valence-corrected chi connectivity index (χ3v) is 1.82. The van der Waals surface area contributed by atoms with Crippen LogP contribution in [0.2, 0.25) is 0 Å². The standard InChI is InChI=1S/C8H4F2N2O/c9-8(10)5-1-3-11-4-2-6(5)12-7(8)13/h1-4H/p+1. The lowest BCUT2D eigenvalue weighted by atomic mass is 10.1. The molecule has 1 N–H and O–H groups in total. The van der Waals surface area contributed by atoms with Gasteiger partial charge in [-0.2, -0.15) is 8.78 Å². The Hall–Kier alpha value is -1.74. The fourth-order valence-electron chi connectivity index (χ4n) is 1.17. The Morgan fingerprint density at radius 2 is 2.00 bits per heavy atom. The minimum Gasteiger partial charge on any atom is -0.320 e. The van der Waals surface area contributed by atoms with E-state index in [1.54, 1.807) is 0 Å². The zero-order valence-corrected chi connectivity index (χ0v) is 6.42. The van der Waals surface area contributed by atoms with Crippen LogP contribution in [0.5, 0.6) is 0 Å². The van der Waals surface area contributed by atoms with Crippen molar-refractivity contribution in [1.29, 1.82) is 0 Å². The highest BCUT2D eigenvalue weighted by Crippen LogP contribution is 2.34. The number of carbonyl (C=O) groups excluding carboxylic acids is 1. The van der Waals surface area contributed by atoms with Gasteiger partial charge in [0.15, 0.2) is 0 Å². The molecule has 0 aliphatic carbocycles. The van der Waals surface area contributed by atoms with Crippen molar-refractivity contribution in [3.05, 3.63) is 23.4 Å². The normalized spacial score (nSPS) is 23.1. The first-order valence-electron chi connectivity index (χ1n) is 3.59. The molecule has 3 nitrogen and oxygen atoms in total. The lowest BCUT2D eigenvalue weighted by Crippen LogP contribution is -2.29. The maximum atomic E-state index is 13.1. The molecule has 0 aromatic carbocycles. The average molecular weight is 183 g/mol. The minimum atomic E-state index is -3.43. The largest absolute Gasteiger partial charge is 0.352 e. The van der Waals surface area contributed by atoms with Crippen LogP contribution in [-0.4, -0.2) is 24.3 Å². The summed E-state index contributed by atoms with van der Waals surface area (Å²) in [6, 6.07) is 0. The number of carbonyl (C=O) groups is 1. The molecule has 13 heavy (non-hydrogen) atoms. The average Bonchev–Trinajstić information content (AvgIpc) is 2.31. The number of alkyl halides is 2. The van der Waals surface area contributed by atoms with Crippen LogP contribution in [-0.2, 0) is 4.79 Å². The zero-order chi connectivity index (χ0) is 9.47. The quantitative estimate of drug-likeness (QED) is 0.518. The molecule has 1 saturated heterocycles. The summed E-state index contributed by atoms with van der Waals surface area (Å²) in [5.41, 5.74) is -0.206. The number of hydrogen-bond acceptors (Lipinski definition) is 1. The molecule has 2 heterocycles. The van der Waals surface area contributed by atoms with Gasteiger partial charge in [-0.05, 0) is 0 Å². The Bertz CT molecular complexity index is 400. The lowest BCUT2D eigenvalue weighted by Gasteiger charge is -2.03. The van der Waals surface area contributed by atoms with E-state index in [-0.39, 0.29) is 11.3 Å². The first-order chi connectivity index (χ1) is 6.12. The van der Waals surface area contributed by atoms with Crippen LogP contribution in [0.15, 0.2) is 23.4 Å². The van der Waals surface area contributed by atoms with E-state index < -0.39 is 11.8 Å². The summed E-state index contributed by atoms with van der Waals surface area (Å²) >= 11 is 0. The fraction of sp³-hybridized carbons (Fsp3) is 0.125. The molecule has 2 rings (SSSR count). The van der Waals surface area contributed by atoms with Gasteiger partial charge in [0, 0.05) is 12.2 Å². The Balaban J connectivity index is 2.56. The number of nitrogens with one attached hydrogen (secondary N) is 1. The van der Waals surface area contributed by atoms with Gasteiger partial charge in [-0.1, -0.05) is 0 Å². The van der Waals surface area contributed by atoms with E-state index in [2.05, 4.69) is 9.98 Å². The van der Waals surface area contributed by atoms with Crippen molar-refractivity contribution in [2.24, 2.45) is 0 Å². The number of amides is 1. The van der Waals surface area contributed by atoms with Crippen LogP contribution in [0.1, 0.15) is 0 Å². The number of allylic oxidation sites excluding steroid dienone is 3. The summed E-state index contributed by atoms with van der Waals surface area (Å²) in [4.78, 5) is 10.8. The summed E-state index contributed by atoms with van der Waals surface area (Å²) in [5.74, 6) is -4.72. The van der Waals surface area contributed by atoms with E-state index in [1.165, 1.54) is 18.5 Å². The van der Waals surface area contributed by atoms with Crippen molar-refractivity contribution in [1.82, 2.24) is 9.98 Å². The molecule has 1 fully saturated rings. The van der Waals surface area contributed by atoms with Crippen molar-refractivity contribution in [2.45, 2.75) is 5.92 Å². The van der Waals surface area contributed by atoms with Crippen molar-refractivity contribution in [3.63, 3.8) is 0 Å². The van der Waals surface area contributed by atoms with Crippen molar-refractivity contribution < 1.29 is 13.6 Å². The van der Waals surface area contributed by atoms with Gasteiger partial charge in [-0.15, -0.1) is 4.67 Å². The molecule has 0 bridgehead atoms. The van der Waals surface area contributed by atoms with E-state index in [9.17, 15) is 13.6 Å². The molecule has 0 unspecified atom stereocenters. The number of rotatable bonds is 0. The topological polar surface area (TPSA) is 43.2 Å². The molecule has 0 atom stereocenters. The molecule has 1 amide bonds. The molecule has 0 saturated carbocycles. The van der Waals surface area contributed by atoms with Gasteiger partial charge in [0.2, 0.25) is 0 Å². The third kappa shape index (κ3) is 1.02. The van der Waals surface area contributed by atoms with Crippen LogP contribution in [0.25, 0.3) is 0 Å². The second-order valence-electron chi connectivity index (χ2n) is 2.64. The van der Waals surface area contributed by atoms with Gasteiger partial charge in [-0.3, -0.25) is 4.79 Å². The molecule has 2 aliphatic heterocycles. The van der Waals surface area contributed by atoms with Crippen molar-refractivity contribution in [3.8, 4) is 0 Å². The number of hydrogen-bond donors (Lipinski definition) is 1. The van der Waals surface area contributed by atoms with Crippen LogP contribution in [0.4, 0.5) is 8.78 Å². The van der Waals surface area contributed by atoms with E-state index in [1.807, 2.05) is 0 Å². The molecule has 0 spiro atoms. The Morgan fingerprint density at radius 3 is 2.77 bits per heavy atom. The van der Waals surface area contributed by atoms with E-state index in [4.69, 9.17) is 0 Å². The van der Waals surface area contributed by atoms with Gasteiger partial charge in [0.25, 0.3) is 18.3 Å². The summed E-state index contributed by atoms with van der Waals surface area (Å²) in [6.07, 6.45) is 5.05. The van der Waals surface area contributed by atoms with Crippen LogP contribution < -0.4 is 9.98 Å².